The molecule has 1 aliphatic heterocycles. The van der Waals surface area contributed by atoms with Gasteiger partial charge < -0.3 is 15.3 Å². The second-order valence-corrected chi connectivity index (χ2v) is 5.99. The molecule has 1 aromatic rings. The highest BCUT2D eigenvalue weighted by Crippen LogP contribution is 2.37. The van der Waals surface area contributed by atoms with Crippen LogP contribution in [0.1, 0.15) is 30.9 Å². The molecule has 112 valence electrons. The van der Waals surface area contributed by atoms with E-state index in [0.29, 0.717) is 17.4 Å². The lowest BCUT2D eigenvalue weighted by atomic mass is 10.0. The number of fused-ring (bicyclic) bond motifs is 1. The molecule has 0 radical (unpaired) electrons. The van der Waals surface area contributed by atoms with E-state index in [-0.39, 0.29) is 6.03 Å². The predicted octanol–water partition coefficient (Wildman–Crippen LogP) is 2.25. The van der Waals surface area contributed by atoms with E-state index >= 15 is 0 Å². The second-order valence-electron chi connectivity index (χ2n) is 5.99. The molecule has 5 nitrogen and oxygen atoms in total. The zero-order valence-electron chi connectivity index (χ0n) is 11.9. The average Bonchev–Trinajstić information content (AvgIpc) is 3.06. The van der Waals surface area contributed by atoms with E-state index in [9.17, 15) is 14.7 Å². The summed E-state index contributed by atoms with van der Waals surface area (Å²) in [6.45, 7) is 1.52. The normalized spacial score (nSPS) is 25.4. The van der Waals surface area contributed by atoms with Crippen molar-refractivity contribution in [2.75, 3.05) is 13.1 Å². The highest BCUT2D eigenvalue weighted by atomic mass is 16.4. The molecule has 0 bridgehead atoms. The van der Waals surface area contributed by atoms with Gasteiger partial charge in [-0.2, -0.15) is 0 Å². The van der Waals surface area contributed by atoms with Crippen molar-refractivity contribution in [2.45, 2.75) is 25.3 Å². The lowest BCUT2D eigenvalue weighted by Gasteiger charge is -2.22. The van der Waals surface area contributed by atoms with Crippen LogP contribution in [0.15, 0.2) is 30.3 Å². The monoisotopic (exact) mass is 288 g/mol. The minimum Gasteiger partial charge on any atom is -0.479 e. The molecule has 21 heavy (non-hydrogen) atoms. The standard InChI is InChI=1S/C16H20N2O3/c19-15(20)14(11-5-2-1-3-6-11)17-16(21)18-9-12-7-4-8-13(12)10-18/h1-3,5-6,12-14H,4,7-10H2,(H,17,21)(H,19,20)/t12?,13?,14-/m0/s1. The van der Waals surface area contributed by atoms with Crippen molar-refractivity contribution < 1.29 is 14.7 Å². The summed E-state index contributed by atoms with van der Waals surface area (Å²) in [6, 6.07) is 7.57. The SMILES string of the molecule is O=C(O)[C@@H](NC(=O)N1CC2CCCC2C1)c1ccccc1. The number of nitrogens with zero attached hydrogens (tertiary/aromatic N) is 1. The van der Waals surface area contributed by atoms with Gasteiger partial charge in [-0.1, -0.05) is 36.8 Å². The highest BCUT2D eigenvalue weighted by molar-refractivity contribution is 5.83. The van der Waals surface area contributed by atoms with Crippen LogP contribution in [0, 0.1) is 11.8 Å². The number of aliphatic carboxylic acids is 1. The van der Waals surface area contributed by atoms with Gasteiger partial charge in [0, 0.05) is 13.1 Å². The first kappa shape index (κ1) is 13.9. The lowest BCUT2D eigenvalue weighted by molar-refractivity contribution is -0.139. The van der Waals surface area contributed by atoms with Crippen LogP contribution in [0.2, 0.25) is 0 Å². The van der Waals surface area contributed by atoms with Crippen LogP contribution in [0.25, 0.3) is 0 Å². The number of hydrogen-bond donors (Lipinski definition) is 2. The molecule has 3 rings (SSSR count). The fraction of sp³-hybridized carbons (Fsp3) is 0.500. The fourth-order valence-electron chi connectivity index (χ4n) is 3.55. The lowest BCUT2D eigenvalue weighted by Crippen LogP contribution is -2.43. The topological polar surface area (TPSA) is 69.6 Å². The largest absolute Gasteiger partial charge is 0.479 e. The number of carboxylic acids is 1. The van der Waals surface area contributed by atoms with Crippen molar-refractivity contribution >= 4 is 12.0 Å². The van der Waals surface area contributed by atoms with Crippen LogP contribution < -0.4 is 5.32 Å². The maximum absolute atomic E-state index is 12.3. The second kappa shape index (κ2) is 5.76. The molecule has 2 fully saturated rings. The van der Waals surface area contributed by atoms with E-state index in [1.807, 2.05) is 6.07 Å². The van der Waals surface area contributed by atoms with Gasteiger partial charge in [-0.3, -0.25) is 0 Å². The van der Waals surface area contributed by atoms with Crippen molar-refractivity contribution in [3.05, 3.63) is 35.9 Å². The molecule has 1 heterocycles. The maximum atomic E-state index is 12.3. The van der Waals surface area contributed by atoms with Crippen molar-refractivity contribution in [1.82, 2.24) is 10.2 Å². The van der Waals surface area contributed by atoms with Crippen LogP contribution >= 0.6 is 0 Å². The van der Waals surface area contributed by atoms with Gasteiger partial charge in [0.2, 0.25) is 0 Å². The van der Waals surface area contributed by atoms with Gasteiger partial charge in [-0.15, -0.1) is 0 Å². The molecule has 0 spiro atoms. The van der Waals surface area contributed by atoms with Crippen molar-refractivity contribution in [1.29, 1.82) is 0 Å². The first-order chi connectivity index (χ1) is 10.1. The van der Waals surface area contributed by atoms with E-state index < -0.39 is 12.0 Å². The molecular weight excluding hydrogens is 268 g/mol. The first-order valence-electron chi connectivity index (χ1n) is 7.48. The van der Waals surface area contributed by atoms with Gasteiger partial charge in [0.1, 0.15) is 0 Å². The summed E-state index contributed by atoms with van der Waals surface area (Å²) in [6.07, 6.45) is 3.64. The molecule has 0 aromatic heterocycles. The molecule has 1 saturated carbocycles. The van der Waals surface area contributed by atoms with Crippen LogP contribution in [0.5, 0.6) is 0 Å². The summed E-state index contributed by atoms with van der Waals surface area (Å²) >= 11 is 0. The zero-order chi connectivity index (χ0) is 14.8. The third kappa shape index (κ3) is 2.86. The Hall–Kier alpha value is -2.04. The van der Waals surface area contributed by atoms with Gasteiger partial charge in [-0.25, -0.2) is 9.59 Å². The summed E-state index contributed by atoms with van der Waals surface area (Å²) in [4.78, 5) is 25.5. The minimum absolute atomic E-state index is 0.263. The number of amides is 2. The molecule has 1 aliphatic carbocycles. The number of nitrogens with one attached hydrogen (secondary N) is 1. The van der Waals surface area contributed by atoms with E-state index in [0.717, 1.165) is 13.1 Å². The highest BCUT2D eigenvalue weighted by Gasteiger charge is 2.38. The molecule has 5 heteroatoms. The van der Waals surface area contributed by atoms with Crippen molar-refractivity contribution in [2.24, 2.45) is 11.8 Å². The van der Waals surface area contributed by atoms with Crippen molar-refractivity contribution in [3.63, 3.8) is 0 Å². The number of rotatable bonds is 3. The smallest absolute Gasteiger partial charge is 0.330 e. The number of urea groups is 1. The third-order valence-electron chi connectivity index (χ3n) is 4.66. The predicted molar refractivity (Wildman–Crippen MR) is 77.8 cm³/mol. The Kier molecular flexibility index (Phi) is 3.82. The number of carbonyl (C=O) groups is 2. The van der Waals surface area contributed by atoms with E-state index in [1.165, 1.54) is 19.3 Å². The molecule has 2 N–H and O–H groups in total. The van der Waals surface area contributed by atoms with E-state index in [2.05, 4.69) is 5.32 Å². The van der Waals surface area contributed by atoms with Crippen molar-refractivity contribution in [3.8, 4) is 0 Å². The van der Waals surface area contributed by atoms with Crippen LogP contribution in [0.4, 0.5) is 4.79 Å². The van der Waals surface area contributed by atoms with Crippen LogP contribution in [-0.4, -0.2) is 35.1 Å². The van der Waals surface area contributed by atoms with Crippen LogP contribution in [0.3, 0.4) is 0 Å². The Morgan fingerprint density at radius 3 is 2.33 bits per heavy atom. The molecule has 3 atom stereocenters. The number of carboxylic acid groups (broad SMARTS) is 1. The number of benzene rings is 1. The van der Waals surface area contributed by atoms with Crippen LogP contribution in [-0.2, 0) is 4.79 Å². The quantitative estimate of drug-likeness (QED) is 0.896. The first-order valence-corrected chi connectivity index (χ1v) is 7.48. The molecule has 2 unspecified atom stereocenters. The summed E-state index contributed by atoms with van der Waals surface area (Å²) in [5.41, 5.74) is 0.595. The van der Waals surface area contributed by atoms with Gasteiger partial charge in [0.15, 0.2) is 6.04 Å². The minimum atomic E-state index is -1.03. The number of likely N-dealkylation sites (tertiary alicyclic amines) is 1. The molecule has 2 amide bonds. The Labute approximate surface area is 123 Å². The Balaban J connectivity index is 1.66. The number of carbonyl (C=O) groups excluding carboxylic acids is 1. The summed E-state index contributed by atoms with van der Waals surface area (Å²) in [5.74, 6) is 0.181. The Bertz CT molecular complexity index is 520. The van der Waals surface area contributed by atoms with Gasteiger partial charge >= 0.3 is 12.0 Å². The fourth-order valence-corrected chi connectivity index (χ4v) is 3.55. The molecule has 2 aliphatic rings. The molecule has 1 saturated heterocycles. The molecule has 1 aromatic carbocycles. The van der Waals surface area contributed by atoms with E-state index in [4.69, 9.17) is 0 Å². The zero-order valence-corrected chi connectivity index (χ0v) is 11.9. The summed E-state index contributed by atoms with van der Waals surface area (Å²) < 4.78 is 0. The Morgan fingerprint density at radius 2 is 1.76 bits per heavy atom. The third-order valence-corrected chi connectivity index (χ3v) is 4.66. The van der Waals surface area contributed by atoms with E-state index in [1.54, 1.807) is 29.2 Å². The van der Waals surface area contributed by atoms with Gasteiger partial charge in [0.05, 0.1) is 0 Å². The average molecular weight is 288 g/mol. The summed E-state index contributed by atoms with van der Waals surface area (Å²) in [5, 5.41) is 12.0. The summed E-state index contributed by atoms with van der Waals surface area (Å²) in [7, 11) is 0. The Morgan fingerprint density at radius 1 is 1.14 bits per heavy atom. The maximum Gasteiger partial charge on any atom is 0.330 e. The molecular formula is C16H20N2O3. The van der Waals surface area contributed by atoms with Gasteiger partial charge in [-0.05, 0) is 30.2 Å². The van der Waals surface area contributed by atoms with Gasteiger partial charge in [0.25, 0.3) is 0 Å². The number of hydrogen-bond acceptors (Lipinski definition) is 2.